The monoisotopic (exact) mass is 309 g/mol. The number of benzene rings is 1. The van der Waals surface area contributed by atoms with Crippen molar-refractivity contribution in [2.45, 2.75) is 32.2 Å². The maximum Gasteiger partial charge on any atom is 0.246 e. The molecule has 1 aromatic carbocycles. The van der Waals surface area contributed by atoms with Crippen LogP contribution in [0.3, 0.4) is 0 Å². The second kappa shape index (κ2) is 6.60. The van der Waals surface area contributed by atoms with Gasteiger partial charge < -0.3 is 10.6 Å². The molecule has 2 N–H and O–H groups in total. The van der Waals surface area contributed by atoms with Crippen LogP contribution in [-0.4, -0.2) is 22.8 Å². The van der Waals surface area contributed by atoms with Crippen LogP contribution < -0.4 is 10.6 Å². The smallest absolute Gasteiger partial charge is 0.246 e. The zero-order valence-electron chi connectivity index (χ0n) is 13.0. The Labute approximate surface area is 135 Å². The molecule has 0 unspecified atom stereocenters. The lowest BCUT2D eigenvalue weighted by molar-refractivity contribution is -0.128. The fourth-order valence-electron chi connectivity index (χ4n) is 2.83. The van der Waals surface area contributed by atoms with Gasteiger partial charge in [-0.2, -0.15) is 0 Å². The average molecular weight is 309 g/mol. The first kappa shape index (κ1) is 15.2. The van der Waals surface area contributed by atoms with Gasteiger partial charge in [0, 0.05) is 24.5 Å². The number of carbonyl (C=O) groups excluding carboxylic acids is 2. The molecule has 0 bridgehead atoms. The van der Waals surface area contributed by atoms with Crippen LogP contribution in [0.15, 0.2) is 42.7 Å². The number of piperidine rings is 1. The van der Waals surface area contributed by atoms with Crippen molar-refractivity contribution in [2.75, 3.05) is 5.32 Å². The molecule has 0 spiro atoms. The lowest BCUT2D eigenvalue weighted by atomic mass is 10.0. The van der Waals surface area contributed by atoms with Crippen LogP contribution in [0.1, 0.15) is 24.8 Å². The van der Waals surface area contributed by atoms with Crippen molar-refractivity contribution >= 4 is 17.5 Å². The van der Waals surface area contributed by atoms with Gasteiger partial charge in [0.1, 0.15) is 6.04 Å². The predicted molar refractivity (Wildman–Crippen MR) is 88.8 cm³/mol. The number of nitrogens with zero attached hydrogens (tertiary/aromatic N) is 1. The van der Waals surface area contributed by atoms with Gasteiger partial charge in [0.05, 0.1) is 0 Å². The van der Waals surface area contributed by atoms with Crippen molar-refractivity contribution in [1.82, 2.24) is 10.3 Å². The van der Waals surface area contributed by atoms with E-state index in [0.29, 0.717) is 12.8 Å². The molecular formula is C18H19N3O2. The molecule has 0 radical (unpaired) electrons. The van der Waals surface area contributed by atoms with E-state index in [1.54, 1.807) is 12.4 Å². The van der Waals surface area contributed by atoms with Gasteiger partial charge in [0.2, 0.25) is 11.8 Å². The van der Waals surface area contributed by atoms with Gasteiger partial charge in [0.15, 0.2) is 0 Å². The maximum atomic E-state index is 12.2. The van der Waals surface area contributed by atoms with E-state index >= 15 is 0 Å². The Morgan fingerprint density at radius 2 is 2.04 bits per heavy atom. The van der Waals surface area contributed by atoms with Crippen LogP contribution in [0.25, 0.3) is 11.1 Å². The lowest BCUT2D eigenvalue weighted by Crippen LogP contribution is -2.46. The molecule has 5 heteroatoms. The van der Waals surface area contributed by atoms with E-state index < -0.39 is 6.04 Å². The van der Waals surface area contributed by atoms with E-state index in [0.717, 1.165) is 28.8 Å². The Balaban J connectivity index is 1.73. The second-order valence-corrected chi connectivity index (χ2v) is 5.77. The maximum absolute atomic E-state index is 12.2. The highest BCUT2D eigenvalue weighted by atomic mass is 16.2. The Kier molecular flexibility index (Phi) is 4.37. The summed E-state index contributed by atoms with van der Waals surface area (Å²) in [5, 5.41) is 5.62. The fourth-order valence-corrected chi connectivity index (χ4v) is 2.83. The number of nitrogens with one attached hydrogen (secondary N) is 2. The highest BCUT2D eigenvalue weighted by Gasteiger charge is 2.24. The molecule has 3 rings (SSSR count). The van der Waals surface area contributed by atoms with Gasteiger partial charge >= 0.3 is 0 Å². The number of amides is 2. The van der Waals surface area contributed by atoms with Gasteiger partial charge in [-0.15, -0.1) is 0 Å². The van der Waals surface area contributed by atoms with E-state index in [-0.39, 0.29) is 11.8 Å². The van der Waals surface area contributed by atoms with Crippen LogP contribution in [0.5, 0.6) is 0 Å². The molecule has 1 saturated heterocycles. The van der Waals surface area contributed by atoms with Crippen molar-refractivity contribution < 1.29 is 9.59 Å². The molecule has 2 aromatic rings. The first-order chi connectivity index (χ1) is 11.1. The van der Waals surface area contributed by atoms with Gasteiger partial charge in [0.25, 0.3) is 0 Å². The van der Waals surface area contributed by atoms with Crippen LogP contribution in [-0.2, 0) is 9.59 Å². The van der Waals surface area contributed by atoms with E-state index in [2.05, 4.69) is 15.6 Å². The first-order valence-electron chi connectivity index (χ1n) is 7.75. The van der Waals surface area contributed by atoms with E-state index in [1.165, 1.54) is 0 Å². The zero-order valence-corrected chi connectivity index (χ0v) is 13.0. The number of hydrogen-bond donors (Lipinski definition) is 2. The third kappa shape index (κ3) is 3.56. The largest absolute Gasteiger partial charge is 0.344 e. The molecule has 1 fully saturated rings. The molecule has 1 atom stereocenters. The molecule has 2 amide bonds. The number of rotatable bonds is 3. The Morgan fingerprint density at radius 1 is 1.26 bits per heavy atom. The number of aromatic nitrogens is 1. The van der Waals surface area contributed by atoms with Crippen molar-refractivity contribution in [3.05, 3.63) is 48.3 Å². The number of carbonyl (C=O) groups is 2. The first-order valence-corrected chi connectivity index (χ1v) is 7.75. The molecule has 1 aliphatic heterocycles. The van der Waals surface area contributed by atoms with Crippen LogP contribution in [0, 0.1) is 6.92 Å². The van der Waals surface area contributed by atoms with Crippen molar-refractivity contribution in [1.29, 1.82) is 0 Å². The second-order valence-electron chi connectivity index (χ2n) is 5.77. The van der Waals surface area contributed by atoms with Crippen molar-refractivity contribution in [2.24, 2.45) is 0 Å². The molecule has 0 aliphatic carbocycles. The molecule has 1 aliphatic rings. The normalized spacial score (nSPS) is 17.4. The Bertz CT molecular complexity index is 728. The number of anilines is 1. The Morgan fingerprint density at radius 3 is 2.74 bits per heavy atom. The molecule has 0 saturated carbocycles. The van der Waals surface area contributed by atoms with Gasteiger partial charge in [-0.3, -0.25) is 14.6 Å². The molecular weight excluding hydrogens is 290 g/mol. The summed E-state index contributed by atoms with van der Waals surface area (Å²) in [6.07, 6.45) is 5.46. The van der Waals surface area contributed by atoms with E-state index in [4.69, 9.17) is 0 Å². The average Bonchev–Trinajstić information content (AvgIpc) is 2.56. The molecule has 118 valence electrons. The topological polar surface area (TPSA) is 71.1 Å². The molecule has 5 nitrogen and oxygen atoms in total. The third-order valence-corrected chi connectivity index (χ3v) is 4.03. The minimum atomic E-state index is -0.434. The summed E-state index contributed by atoms with van der Waals surface area (Å²) < 4.78 is 0. The summed E-state index contributed by atoms with van der Waals surface area (Å²) in [4.78, 5) is 27.7. The summed E-state index contributed by atoms with van der Waals surface area (Å²) in [5.74, 6) is -0.213. The van der Waals surface area contributed by atoms with E-state index in [9.17, 15) is 9.59 Å². The lowest BCUT2D eigenvalue weighted by Gasteiger charge is -2.22. The summed E-state index contributed by atoms with van der Waals surface area (Å²) in [6, 6.07) is 9.29. The SMILES string of the molecule is Cc1cc(NC(=O)[C@H]2CCCC(=O)N2)ccc1-c1ccncc1. The summed E-state index contributed by atoms with van der Waals surface area (Å²) >= 11 is 0. The fraction of sp³-hybridized carbons (Fsp3) is 0.278. The highest BCUT2D eigenvalue weighted by Crippen LogP contribution is 2.25. The predicted octanol–water partition coefficient (Wildman–Crippen LogP) is 2.66. The van der Waals surface area contributed by atoms with Gasteiger partial charge in [-0.1, -0.05) is 6.07 Å². The standard InChI is InChI=1S/C18H19N3O2/c1-12-11-14(5-6-15(12)13-7-9-19-10-8-13)20-18(23)16-3-2-4-17(22)21-16/h5-11,16H,2-4H2,1H3,(H,20,23)(H,21,22)/t16-/m1/s1. The minimum absolute atomic E-state index is 0.0550. The minimum Gasteiger partial charge on any atom is -0.344 e. The third-order valence-electron chi connectivity index (χ3n) is 4.03. The van der Waals surface area contributed by atoms with Crippen LogP contribution in [0.4, 0.5) is 5.69 Å². The Hall–Kier alpha value is -2.69. The highest BCUT2D eigenvalue weighted by molar-refractivity contribution is 5.98. The summed E-state index contributed by atoms with van der Waals surface area (Å²) in [7, 11) is 0. The van der Waals surface area contributed by atoms with Crippen LogP contribution in [0.2, 0.25) is 0 Å². The summed E-state index contributed by atoms with van der Waals surface area (Å²) in [6.45, 7) is 2.01. The van der Waals surface area contributed by atoms with Gasteiger partial charge in [-0.25, -0.2) is 0 Å². The van der Waals surface area contributed by atoms with Crippen LogP contribution >= 0.6 is 0 Å². The van der Waals surface area contributed by atoms with Gasteiger partial charge in [-0.05, 0) is 60.7 Å². The zero-order chi connectivity index (χ0) is 16.2. The van der Waals surface area contributed by atoms with E-state index in [1.807, 2.05) is 37.3 Å². The number of aryl methyl sites for hydroxylation is 1. The molecule has 1 aromatic heterocycles. The number of hydrogen-bond acceptors (Lipinski definition) is 3. The van der Waals surface area contributed by atoms with Crippen molar-refractivity contribution in [3.63, 3.8) is 0 Å². The van der Waals surface area contributed by atoms with Crippen molar-refractivity contribution in [3.8, 4) is 11.1 Å². The molecule has 2 heterocycles. The quantitative estimate of drug-likeness (QED) is 0.915. The number of pyridine rings is 1. The summed E-state index contributed by atoms with van der Waals surface area (Å²) in [5.41, 5.74) is 4.01. The molecule has 23 heavy (non-hydrogen) atoms.